The molecule has 1 heterocycles. The Kier molecular flexibility index (Phi) is 14.6. The minimum absolute atomic E-state index is 0.0126. The average molecular weight is 730 g/mol. The van der Waals surface area contributed by atoms with Gasteiger partial charge in [0.2, 0.25) is 0 Å². The molecule has 0 radical (unpaired) electrons. The Bertz CT molecular complexity index is 1330. The molecule has 6 atom stereocenters. The molecular formula is C40H59NO11. The number of ether oxygens (including phenoxy) is 5. The number of amides is 1. The highest BCUT2D eigenvalue weighted by Crippen LogP contribution is 2.65. The van der Waals surface area contributed by atoms with Gasteiger partial charge in [-0.25, -0.2) is 4.79 Å². The first kappa shape index (κ1) is 40.3. The largest absolute Gasteiger partial charge is 0.462 e. The van der Waals surface area contributed by atoms with Gasteiger partial charge in [0.1, 0.15) is 11.9 Å². The molecule has 0 spiro atoms. The summed E-state index contributed by atoms with van der Waals surface area (Å²) in [6.07, 6.45) is 11.9. The number of fused-ring (bicyclic) bond motifs is 5. The molecular weight excluding hydrogens is 670 g/mol. The third kappa shape index (κ3) is 10.2. The topological polar surface area (TPSA) is 144 Å². The second-order valence-electron chi connectivity index (χ2n) is 15.6. The molecule has 4 fully saturated rings. The van der Waals surface area contributed by atoms with Crippen molar-refractivity contribution in [1.29, 1.82) is 0 Å². The normalized spacial score (nSPS) is 29.7. The molecule has 0 aromatic carbocycles. The van der Waals surface area contributed by atoms with Crippen LogP contribution in [0.1, 0.15) is 110 Å². The van der Waals surface area contributed by atoms with Gasteiger partial charge < -0.3 is 28.5 Å². The zero-order chi connectivity index (χ0) is 37.1. The number of allylic oxidation sites excluding steroid dienone is 2. The van der Waals surface area contributed by atoms with Crippen molar-refractivity contribution in [3.05, 3.63) is 23.9 Å². The molecule has 52 heavy (non-hydrogen) atoms. The third-order valence-electron chi connectivity index (χ3n) is 12.4. The lowest BCUT2D eigenvalue weighted by Crippen LogP contribution is -2.51. The summed E-state index contributed by atoms with van der Waals surface area (Å²) < 4.78 is 28.0. The maximum Gasteiger partial charge on any atom is 0.335 e. The zero-order valence-corrected chi connectivity index (χ0v) is 31.3. The maximum atomic E-state index is 12.9. The number of nitrogens with zero attached hydrogens (tertiary/aromatic N) is 1. The first-order valence-electron chi connectivity index (χ1n) is 19.5. The quantitative estimate of drug-likeness (QED) is 0.107. The predicted molar refractivity (Wildman–Crippen MR) is 189 cm³/mol. The first-order valence-corrected chi connectivity index (χ1v) is 19.5. The summed E-state index contributed by atoms with van der Waals surface area (Å²) in [6, 6.07) is 0. The van der Waals surface area contributed by atoms with Crippen LogP contribution in [-0.4, -0.2) is 93.4 Å². The number of rotatable bonds is 21. The molecule has 4 aliphatic carbocycles. The summed E-state index contributed by atoms with van der Waals surface area (Å²) >= 11 is 0. The van der Waals surface area contributed by atoms with Gasteiger partial charge in [-0.1, -0.05) is 26.0 Å². The highest BCUT2D eigenvalue weighted by Gasteiger charge is 2.60. The molecule has 12 heteroatoms. The van der Waals surface area contributed by atoms with Gasteiger partial charge in [-0.3, -0.25) is 19.2 Å². The average Bonchev–Trinajstić information content (AvgIpc) is 3.62. The van der Waals surface area contributed by atoms with Crippen LogP contribution in [0, 0.1) is 28.6 Å². The third-order valence-corrected chi connectivity index (χ3v) is 12.4. The lowest BCUT2D eigenvalue weighted by Gasteiger charge is -2.57. The number of Topliss-reactive ketones (excluding diaryl/α,β-unsaturated/α-hetero) is 1. The van der Waals surface area contributed by atoms with Crippen molar-refractivity contribution in [2.45, 2.75) is 116 Å². The monoisotopic (exact) mass is 729 g/mol. The second kappa shape index (κ2) is 18.9. The van der Waals surface area contributed by atoms with E-state index < -0.39 is 5.97 Å². The molecule has 0 bridgehead atoms. The van der Waals surface area contributed by atoms with Crippen LogP contribution in [0.25, 0.3) is 0 Å². The van der Waals surface area contributed by atoms with Crippen molar-refractivity contribution in [3.8, 4) is 0 Å². The van der Waals surface area contributed by atoms with E-state index in [1.165, 1.54) is 5.57 Å². The smallest absolute Gasteiger partial charge is 0.335 e. The number of carbonyl (C=O) groups excluding carboxylic acids is 5. The first-order chi connectivity index (χ1) is 25.0. The van der Waals surface area contributed by atoms with E-state index >= 15 is 0 Å². The van der Waals surface area contributed by atoms with Gasteiger partial charge in [0.05, 0.1) is 64.8 Å². The van der Waals surface area contributed by atoms with Crippen LogP contribution >= 0.6 is 0 Å². The van der Waals surface area contributed by atoms with E-state index in [9.17, 15) is 24.0 Å². The molecule has 0 aromatic heterocycles. The lowest BCUT2D eigenvalue weighted by atomic mass is 9.47. The highest BCUT2D eigenvalue weighted by atomic mass is 16.7. The minimum Gasteiger partial charge on any atom is -0.462 e. The summed E-state index contributed by atoms with van der Waals surface area (Å²) in [7, 11) is 0. The van der Waals surface area contributed by atoms with Gasteiger partial charge in [0, 0.05) is 37.7 Å². The van der Waals surface area contributed by atoms with Crippen LogP contribution in [0.4, 0.5) is 0 Å². The molecule has 3 saturated carbocycles. The van der Waals surface area contributed by atoms with Crippen molar-refractivity contribution in [2.75, 3.05) is 52.9 Å². The number of hydrogen-bond donors (Lipinski definition) is 0. The molecule has 12 nitrogen and oxygen atoms in total. The summed E-state index contributed by atoms with van der Waals surface area (Å²) in [5.41, 5.74) is 1.98. The summed E-state index contributed by atoms with van der Waals surface area (Å²) in [5.74, 6) is 1.02. The Hall–Kier alpha value is -2.93. The van der Waals surface area contributed by atoms with E-state index in [4.69, 9.17) is 28.5 Å². The van der Waals surface area contributed by atoms with Crippen molar-refractivity contribution in [1.82, 2.24) is 5.06 Å². The molecule has 0 aromatic rings. The van der Waals surface area contributed by atoms with Crippen LogP contribution < -0.4 is 0 Å². The lowest BCUT2D eigenvalue weighted by molar-refractivity contribution is -0.187. The zero-order valence-electron chi connectivity index (χ0n) is 31.3. The Morgan fingerprint density at radius 2 is 1.42 bits per heavy atom. The second-order valence-corrected chi connectivity index (χ2v) is 15.6. The van der Waals surface area contributed by atoms with Gasteiger partial charge >= 0.3 is 11.9 Å². The number of hydroxylamine groups is 2. The molecule has 5 rings (SSSR count). The number of ketones is 2. The SMILES string of the molecule is C=C1CCC(=O)N1OC(=O)CCOCCOCCOCCOCCCC(=O)CCC(=O)OC1CCC2C3CCC4=CC(=O)CCC4(C)C3CCC12C. The van der Waals surface area contributed by atoms with Crippen LogP contribution in [0.2, 0.25) is 0 Å². The molecule has 6 unspecified atom stereocenters. The Labute approximate surface area is 308 Å². The predicted octanol–water partition coefficient (Wildman–Crippen LogP) is 5.61. The van der Waals surface area contributed by atoms with Gasteiger partial charge in [-0.2, -0.15) is 0 Å². The number of esters is 1. The standard InChI is InChI=1S/C40H59NO11/c1-28-6-12-36(44)41(28)52-38(46)16-20-48-22-24-50-26-25-49-23-21-47-19-4-5-30(42)8-13-37(45)51-35-11-10-33-32-9-7-29-27-31(43)14-17-39(29,2)34(32)15-18-40(33,35)3/h27,32-35H,1,4-26H2,2-3H3. The van der Waals surface area contributed by atoms with Crippen LogP contribution in [0.5, 0.6) is 0 Å². The van der Waals surface area contributed by atoms with Gasteiger partial charge in [-0.15, -0.1) is 5.06 Å². The van der Waals surface area contributed by atoms with E-state index in [1.807, 2.05) is 6.08 Å². The summed E-state index contributed by atoms with van der Waals surface area (Å²) in [6.45, 7) is 11.3. The van der Waals surface area contributed by atoms with Crippen molar-refractivity contribution in [3.63, 3.8) is 0 Å². The molecule has 1 aliphatic heterocycles. The maximum absolute atomic E-state index is 12.9. The molecule has 290 valence electrons. The Balaban J connectivity index is 0.830. The van der Waals surface area contributed by atoms with E-state index in [-0.39, 0.29) is 66.2 Å². The number of hydrogen-bond acceptors (Lipinski definition) is 11. The van der Waals surface area contributed by atoms with Crippen molar-refractivity contribution in [2.24, 2.45) is 28.6 Å². The van der Waals surface area contributed by atoms with Gasteiger partial charge in [0.15, 0.2) is 5.78 Å². The fraction of sp³-hybridized carbons (Fsp3) is 0.775. The summed E-state index contributed by atoms with van der Waals surface area (Å²) in [5, 5.41) is 0.959. The fourth-order valence-corrected chi connectivity index (χ4v) is 9.47. The number of carbonyl (C=O) groups is 5. The Morgan fingerprint density at radius 3 is 2.12 bits per heavy atom. The molecule has 1 saturated heterocycles. The van der Waals surface area contributed by atoms with E-state index in [0.717, 1.165) is 50.0 Å². The minimum atomic E-state index is -0.549. The van der Waals surface area contributed by atoms with E-state index in [1.54, 1.807) is 0 Å². The summed E-state index contributed by atoms with van der Waals surface area (Å²) in [4.78, 5) is 65.9. The molecule has 0 N–H and O–H groups in total. The van der Waals surface area contributed by atoms with Gasteiger partial charge in [0.25, 0.3) is 5.91 Å². The Morgan fingerprint density at radius 1 is 0.731 bits per heavy atom. The highest BCUT2D eigenvalue weighted by molar-refractivity contribution is 5.91. The van der Waals surface area contributed by atoms with Gasteiger partial charge in [-0.05, 0) is 87.0 Å². The van der Waals surface area contributed by atoms with E-state index in [2.05, 4.69) is 20.4 Å². The van der Waals surface area contributed by atoms with E-state index in [0.29, 0.717) is 102 Å². The van der Waals surface area contributed by atoms with Crippen LogP contribution in [-0.2, 0) is 52.5 Å². The van der Waals surface area contributed by atoms with Crippen LogP contribution in [0.15, 0.2) is 23.9 Å². The molecule has 1 amide bonds. The van der Waals surface area contributed by atoms with Crippen molar-refractivity contribution < 1.29 is 52.5 Å². The van der Waals surface area contributed by atoms with Crippen LogP contribution in [0.3, 0.4) is 0 Å². The molecule has 5 aliphatic rings. The van der Waals surface area contributed by atoms with Crippen molar-refractivity contribution >= 4 is 29.4 Å². The fourth-order valence-electron chi connectivity index (χ4n) is 9.47.